The van der Waals surface area contributed by atoms with Gasteiger partial charge in [-0.05, 0) is 22.4 Å². The lowest BCUT2D eigenvalue weighted by Gasteiger charge is -1.95. The third-order valence-corrected chi connectivity index (χ3v) is 1.96. The molecule has 5 heteroatoms. The SMILES string of the molecule is O=Cc1nonc1-c1cccc(Cl)c1. The third kappa shape index (κ3) is 1.52. The third-order valence-electron chi connectivity index (χ3n) is 1.72. The molecule has 0 aliphatic rings. The molecular formula is C9H5ClN2O2. The fraction of sp³-hybridized carbons (Fsp3) is 0. The van der Waals surface area contributed by atoms with Gasteiger partial charge in [-0.2, -0.15) is 0 Å². The van der Waals surface area contributed by atoms with Crippen molar-refractivity contribution in [1.82, 2.24) is 10.3 Å². The second-order valence-corrected chi connectivity index (χ2v) is 3.06. The molecule has 0 amide bonds. The van der Waals surface area contributed by atoms with Crippen molar-refractivity contribution in [2.75, 3.05) is 0 Å². The van der Waals surface area contributed by atoms with Crippen LogP contribution in [-0.2, 0) is 0 Å². The highest BCUT2D eigenvalue weighted by Gasteiger charge is 2.10. The predicted molar refractivity (Wildman–Crippen MR) is 50.1 cm³/mol. The summed E-state index contributed by atoms with van der Waals surface area (Å²) in [6.45, 7) is 0. The molecular weight excluding hydrogens is 204 g/mol. The van der Waals surface area contributed by atoms with Gasteiger partial charge in [0.2, 0.25) is 0 Å². The topological polar surface area (TPSA) is 56.0 Å². The Bertz CT molecular complexity index is 467. The molecule has 4 nitrogen and oxygen atoms in total. The Balaban J connectivity index is 2.54. The molecule has 1 aromatic carbocycles. The van der Waals surface area contributed by atoms with E-state index >= 15 is 0 Å². The molecule has 2 rings (SSSR count). The lowest BCUT2D eigenvalue weighted by atomic mass is 10.1. The summed E-state index contributed by atoms with van der Waals surface area (Å²) in [5, 5.41) is 7.64. The molecule has 0 aliphatic heterocycles. The minimum absolute atomic E-state index is 0.173. The molecule has 0 spiro atoms. The van der Waals surface area contributed by atoms with Crippen molar-refractivity contribution in [1.29, 1.82) is 0 Å². The number of aromatic nitrogens is 2. The number of carbonyl (C=O) groups excluding carboxylic acids is 1. The summed E-state index contributed by atoms with van der Waals surface area (Å²) in [4.78, 5) is 10.6. The second kappa shape index (κ2) is 3.59. The maximum atomic E-state index is 10.6. The highest BCUT2D eigenvalue weighted by atomic mass is 35.5. The van der Waals surface area contributed by atoms with Crippen LogP contribution in [0, 0.1) is 0 Å². The molecule has 1 aromatic heterocycles. The van der Waals surface area contributed by atoms with Crippen molar-refractivity contribution in [3.05, 3.63) is 35.0 Å². The van der Waals surface area contributed by atoms with Crippen molar-refractivity contribution < 1.29 is 9.42 Å². The van der Waals surface area contributed by atoms with Crippen molar-refractivity contribution in [2.24, 2.45) is 0 Å². The highest BCUT2D eigenvalue weighted by molar-refractivity contribution is 6.30. The van der Waals surface area contributed by atoms with Crippen molar-refractivity contribution in [3.63, 3.8) is 0 Å². The van der Waals surface area contributed by atoms with Gasteiger partial charge in [0.25, 0.3) is 0 Å². The van der Waals surface area contributed by atoms with Crippen LogP contribution in [0.25, 0.3) is 11.3 Å². The van der Waals surface area contributed by atoms with Gasteiger partial charge in [-0.25, -0.2) is 4.63 Å². The van der Waals surface area contributed by atoms with Crippen LogP contribution in [0.2, 0.25) is 5.02 Å². The Hall–Kier alpha value is -1.68. The van der Waals surface area contributed by atoms with E-state index in [1.54, 1.807) is 24.3 Å². The Labute approximate surface area is 84.5 Å². The molecule has 0 unspecified atom stereocenters. The number of hydrogen-bond donors (Lipinski definition) is 0. The van der Waals surface area contributed by atoms with E-state index in [9.17, 15) is 4.79 Å². The zero-order chi connectivity index (χ0) is 9.97. The van der Waals surface area contributed by atoms with Crippen LogP contribution < -0.4 is 0 Å². The van der Waals surface area contributed by atoms with Gasteiger partial charge in [0.05, 0.1) is 0 Å². The van der Waals surface area contributed by atoms with E-state index in [1.165, 1.54) is 0 Å². The van der Waals surface area contributed by atoms with Crippen LogP contribution in [0.5, 0.6) is 0 Å². The lowest BCUT2D eigenvalue weighted by molar-refractivity contribution is 0.111. The second-order valence-electron chi connectivity index (χ2n) is 2.63. The number of nitrogens with zero attached hydrogens (tertiary/aromatic N) is 2. The van der Waals surface area contributed by atoms with Crippen molar-refractivity contribution in [3.8, 4) is 11.3 Å². The van der Waals surface area contributed by atoms with Gasteiger partial charge < -0.3 is 0 Å². The molecule has 0 N–H and O–H groups in total. The van der Waals surface area contributed by atoms with Crippen molar-refractivity contribution in [2.45, 2.75) is 0 Å². The van der Waals surface area contributed by atoms with Crippen LogP contribution in [0.15, 0.2) is 28.9 Å². The summed E-state index contributed by atoms with van der Waals surface area (Å²) in [7, 11) is 0. The van der Waals surface area contributed by atoms with Crippen LogP contribution >= 0.6 is 11.6 Å². The molecule has 1 heterocycles. The van der Waals surface area contributed by atoms with E-state index in [1.807, 2.05) is 0 Å². The quantitative estimate of drug-likeness (QED) is 0.710. The molecule has 0 atom stereocenters. The van der Waals surface area contributed by atoms with Crippen LogP contribution in [0.1, 0.15) is 10.5 Å². The zero-order valence-corrected chi connectivity index (χ0v) is 7.73. The molecule has 0 radical (unpaired) electrons. The number of benzene rings is 1. The molecule has 70 valence electrons. The largest absolute Gasteiger partial charge is 0.296 e. The van der Waals surface area contributed by atoms with E-state index in [4.69, 9.17) is 11.6 Å². The molecule has 0 aliphatic carbocycles. The summed E-state index contributed by atoms with van der Waals surface area (Å²) in [6.07, 6.45) is 0.590. The molecule has 0 saturated carbocycles. The molecule has 14 heavy (non-hydrogen) atoms. The van der Waals surface area contributed by atoms with Crippen molar-refractivity contribution >= 4 is 17.9 Å². The summed E-state index contributed by atoms with van der Waals surface area (Å²) in [5.74, 6) is 0. The zero-order valence-electron chi connectivity index (χ0n) is 6.98. The first kappa shape index (κ1) is 8.90. The standard InChI is InChI=1S/C9H5ClN2O2/c10-7-3-1-2-6(4-7)9-8(5-13)11-14-12-9/h1-5H. The van der Waals surface area contributed by atoms with Gasteiger partial charge in [-0.15, -0.1) is 0 Å². The lowest BCUT2D eigenvalue weighted by Crippen LogP contribution is -1.85. The Kier molecular flexibility index (Phi) is 2.28. The number of halogens is 1. The van der Waals surface area contributed by atoms with Gasteiger partial charge in [0.1, 0.15) is 5.69 Å². The fourth-order valence-electron chi connectivity index (χ4n) is 1.11. The number of hydrogen-bond acceptors (Lipinski definition) is 4. The maximum absolute atomic E-state index is 10.6. The van der Waals surface area contributed by atoms with Crippen LogP contribution in [-0.4, -0.2) is 16.6 Å². The van der Waals surface area contributed by atoms with E-state index in [2.05, 4.69) is 14.9 Å². The van der Waals surface area contributed by atoms with Gasteiger partial charge >= 0.3 is 0 Å². The van der Waals surface area contributed by atoms with Crippen LogP contribution in [0.4, 0.5) is 0 Å². The van der Waals surface area contributed by atoms with Gasteiger partial charge in [-0.1, -0.05) is 23.7 Å². The minimum Gasteiger partial charge on any atom is -0.296 e. The first-order chi connectivity index (χ1) is 6.81. The Morgan fingerprint density at radius 2 is 2.21 bits per heavy atom. The minimum atomic E-state index is 0.173. The fourth-order valence-corrected chi connectivity index (χ4v) is 1.30. The first-order valence-corrected chi connectivity index (χ1v) is 4.23. The summed E-state index contributed by atoms with van der Waals surface area (Å²) >= 11 is 5.79. The van der Waals surface area contributed by atoms with E-state index < -0.39 is 0 Å². The number of aldehydes is 1. The summed E-state index contributed by atoms with van der Waals surface area (Å²) in [6, 6.07) is 6.96. The molecule has 0 saturated heterocycles. The molecule has 0 bridgehead atoms. The maximum Gasteiger partial charge on any atom is 0.175 e. The van der Waals surface area contributed by atoms with E-state index in [0.717, 1.165) is 0 Å². The Morgan fingerprint density at radius 1 is 1.36 bits per heavy atom. The van der Waals surface area contributed by atoms with E-state index in [-0.39, 0.29) is 5.69 Å². The average molecular weight is 209 g/mol. The number of rotatable bonds is 2. The normalized spacial score (nSPS) is 10.1. The monoisotopic (exact) mass is 208 g/mol. The highest BCUT2D eigenvalue weighted by Crippen LogP contribution is 2.22. The smallest absolute Gasteiger partial charge is 0.175 e. The van der Waals surface area contributed by atoms with Gasteiger partial charge in [-0.3, -0.25) is 4.79 Å². The van der Waals surface area contributed by atoms with Gasteiger partial charge in [0.15, 0.2) is 12.0 Å². The van der Waals surface area contributed by atoms with Crippen LogP contribution in [0.3, 0.4) is 0 Å². The molecule has 0 fully saturated rings. The Morgan fingerprint density at radius 3 is 2.93 bits per heavy atom. The average Bonchev–Trinajstić information content (AvgIpc) is 2.65. The first-order valence-electron chi connectivity index (χ1n) is 3.85. The molecule has 2 aromatic rings. The summed E-state index contributed by atoms with van der Waals surface area (Å²) < 4.78 is 4.46. The number of carbonyl (C=O) groups is 1. The van der Waals surface area contributed by atoms with Gasteiger partial charge in [0, 0.05) is 10.6 Å². The van der Waals surface area contributed by atoms with E-state index in [0.29, 0.717) is 22.6 Å². The predicted octanol–water partition coefficient (Wildman–Crippen LogP) is 2.20. The summed E-state index contributed by atoms with van der Waals surface area (Å²) in [5.41, 5.74) is 1.29.